The van der Waals surface area contributed by atoms with Gasteiger partial charge in [-0.1, -0.05) is 20.3 Å². The molecular formula is C14H18BrN3S. The second-order valence-corrected chi connectivity index (χ2v) is 6.81. The molecule has 0 fully saturated rings. The lowest BCUT2D eigenvalue weighted by Crippen LogP contribution is -2.05. The quantitative estimate of drug-likeness (QED) is 0.825. The Labute approximate surface area is 126 Å². The summed E-state index contributed by atoms with van der Waals surface area (Å²) in [5.74, 6) is 1.75. The average Bonchev–Trinajstić information content (AvgIpc) is 2.83. The summed E-state index contributed by atoms with van der Waals surface area (Å²) in [5.41, 5.74) is 1.11. The van der Waals surface area contributed by atoms with Gasteiger partial charge in [0, 0.05) is 18.3 Å². The van der Waals surface area contributed by atoms with E-state index in [0.717, 1.165) is 51.8 Å². The number of aromatic nitrogens is 2. The number of anilines is 1. The number of aryl methyl sites for hydroxylation is 1. The van der Waals surface area contributed by atoms with E-state index < -0.39 is 0 Å². The van der Waals surface area contributed by atoms with Gasteiger partial charge in [-0.25, -0.2) is 9.97 Å². The molecule has 0 aliphatic rings. The van der Waals surface area contributed by atoms with Crippen molar-refractivity contribution in [3.63, 3.8) is 0 Å². The standard InChI is InChI=1S/C14H18BrN3S/c1-3-5-10-9-13(16-8-4-2)18-14(17-10)11-6-7-12(15)19-11/h6-7,9H,3-5,8H2,1-2H3,(H,16,17,18). The minimum Gasteiger partial charge on any atom is -0.370 e. The molecule has 0 bridgehead atoms. The van der Waals surface area contributed by atoms with Crippen LogP contribution in [0.15, 0.2) is 22.0 Å². The molecule has 2 heterocycles. The van der Waals surface area contributed by atoms with Crippen LogP contribution < -0.4 is 5.32 Å². The van der Waals surface area contributed by atoms with Crippen molar-refractivity contribution in [1.82, 2.24) is 9.97 Å². The van der Waals surface area contributed by atoms with Crippen molar-refractivity contribution >= 4 is 33.1 Å². The van der Waals surface area contributed by atoms with Gasteiger partial charge in [0.15, 0.2) is 5.82 Å². The smallest absolute Gasteiger partial charge is 0.171 e. The molecule has 2 aromatic heterocycles. The topological polar surface area (TPSA) is 37.8 Å². The van der Waals surface area contributed by atoms with Gasteiger partial charge >= 0.3 is 0 Å². The first kappa shape index (κ1) is 14.5. The fraction of sp³-hybridized carbons (Fsp3) is 0.429. The van der Waals surface area contributed by atoms with Crippen molar-refractivity contribution in [3.05, 3.63) is 27.7 Å². The van der Waals surface area contributed by atoms with Gasteiger partial charge in [-0.15, -0.1) is 11.3 Å². The number of nitrogens with zero attached hydrogens (tertiary/aromatic N) is 2. The van der Waals surface area contributed by atoms with Crippen LogP contribution in [0.1, 0.15) is 32.4 Å². The molecule has 0 saturated heterocycles. The van der Waals surface area contributed by atoms with Gasteiger partial charge in [-0.3, -0.25) is 0 Å². The van der Waals surface area contributed by atoms with Crippen LogP contribution in [0.3, 0.4) is 0 Å². The molecule has 102 valence electrons. The molecule has 2 rings (SSSR count). The summed E-state index contributed by atoms with van der Waals surface area (Å²) in [4.78, 5) is 10.4. The number of thiophene rings is 1. The molecule has 2 aromatic rings. The molecule has 1 N–H and O–H groups in total. The lowest BCUT2D eigenvalue weighted by molar-refractivity contribution is 0.873. The van der Waals surface area contributed by atoms with Gasteiger partial charge < -0.3 is 5.32 Å². The van der Waals surface area contributed by atoms with Crippen molar-refractivity contribution in [2.45, 2.75) is 33.1 Å². The Kier molecular flexibility index (Phi) is 5.34. The summed E-state index contributed by atoms with van der Waals surface area (Å²) < 4.78 is 1.11. The summed E-state index contributed by atoms with van der Waals surface area (Å²) in [7, 11) is 0. The summed E-state index contributed by atoms with van der Waals surface area (Å²) in [6.45, 7) is 5.26. The van der Waals surface area contributed by atoms with Gasteiger partial charge in [0.25, 0.3) is 0 Å². The normalized spacial score (nSPS) is 10.7. The van der Waals surface area contributed by atoms with Crippen molar-refractivity contribution in [3.8, 4) is 10.7 Å². The highest BCUT2D eigenvalue weighted by molar-refractivity contribution is 9.11. The van der Waals surface area contributed by atoms with E-state index in [1.165, 1.54) is 0 Å². The lowest BCUT2D eigenvalue weighted by Gasteiger charge is -2.08. The zero-order valence-electron chi connectivity index (χ0n) is 11.2. The Balaban J connectivity index is 2.33. The van der Waals surface area contributed by atoms with Gasteiger partial charge in [0.1, 0.15) is 5.82 Å². The van der Waals surface area contributed by atoms with E-state index in [0.29, 0.717) is 0 Å². The molecule has 0 unspecified atom stereocenters. The average molecular weight is 340 g/mol. The number of hydrogen-bond donors (Lipinski definition) is 1. The van der Waals surface area contributed by atoms with E-state index >= 15 is 0 Å². The molecule has 5 heteroatoms. The summed E-state index contributed by atoms with van der Waals surface area (Å²) in [6.07, 6.45) is 3.17. The van der Waals surface area contributed by atoms with E-state index in [2.05, 4.69) is 57.2 Å². The molecular weight excluding hydrogens is 322 g/mol. The van der Waals surface area contributed by atoms with Gasteiger partial charge in [0.2, 0.25) is 0 Å². The largest absolute Gasteiger partial charge is 0.370 e. The SMILES string of the molecule is CCCNc1cc(CCC)nc(-c2ccc(Br)s2)n1. The predicted octanol–water partition coefficient (Wildman–Crippen LogP) is 4.74. The minimum absolute atomic E-state index is 0.820. The molecule has 0 spiro atoms. The fourth-order valence-electron chi connectivity index (χ4n) is 1.77. The van der Waals surface area contributed by atoms with Crippen molar-refractivity contribution in [2.24, 2.45) is 0 Å². The number of hydrogen-bond acceptors (Lipinski definition) is 4. The zero-order valence-corrected chi connectivity index (χ0v) is 13.6. The summed E-state index contributed by atoms with van der Waals surface area (Å²) in [5, 5.41) is 3.35. The highest BCUT2D eigenvalue weighted by atomic mass is 79.9. The van der Waals surface area contributed by atoms with Crippen molar-refractivity contribution in [2.75, 3.05) is 11.9 Å². The highest BCUT2D eigenvalue weighted by Crippen LogP contribution is 2.30. The highest BCUT2D eigenvalue weighted by Gasteiger charge is 2.08. The Morgan fingerprint density at radius 3 is 2.68 bits per heavy atom. The summed E-state index contributed by atoms with van der Waals surface area (Å²) in [6, 6.07) is 6.16. The Bertz CT molecular complexity index is 539. The van der Waals surface area contributed by atoms with E-state index in [9.17, 15) is 0 Å². The number of nitrogens with one attached hydrogen (secondary N) is 1. The zero-order chi connectivity index (χ0) is 13.7. The fourth-order valence-corrected chi connectivity index (χ4v) is 3.09. The van der Waals surface area contributed by atoms with Gasteiger partial charge in [-0.05, 0) is 40.9 Å². The minimum atomic E-state index is 0.820. The lowest BCUT2D eigenvalue weighted by atomic mass is 10.2. The van der Waals surface area contributed by atoms with Crippen molar-refractivity contribution < 1.29 is 0 Å². The second kappa shape index (κ2) is 7.01. The van der Waals surface area contributed by atoms with E-state index in [-0.39, 0.29) is 0 Å². The number of halogens is 1. The van der Waals surface area contributed by atoms with Crippen LogP contribution in [0.25, 0.3) is 10.7 Å². The maximum Gasteiger partial charge on any atom is 0.171 e. The Hall–Kier alpha value is -0.940. The third-order valence-corrected chi connectivity index (χ3v) is 4.25. The first-order valence-corrected chi connectivity index (χ1v) is 8.21. The monoisotopic (exact) mass is 339 g/mol. The van der Waals surface area contributed by atoms with E-state index in [1.54, 1.807) is 11.3 Å². The van der Waals surface area contributed by atoms with Crippen molar-refractivity contribution in [1.29, 1.82) is 0 Å². The molecule has 3 nitrogen and oxygen atoms in total. The molecule has 0 aliphatic heterocycles. The molecule has 0 radical (unpaired) electrons. The maximum atomic E-state index is 4.65. The number of rotatable bonds is 6. The van der Waals surface area contributed by atoms with Gasteiger partial charge in [0.05, 0.1) is 8.66 Å². The first-order chi connectivity index (χ1) is 9.22. The molecule has 0 aromatic carbocycles. The van der Waals surface area contributed by atoms with Crippen LogP contribution in [0, 0.1) is 0 Å². The molecule has 0 atom stereocenters. The Morgan fingerprint density at radius 2 is 2.05 bits per heavy atom. The van der Waals surface area contributed by atoms with Crippen LogP contribution >= 0.6 is 27.3 Å². The molecule has 0 aliphatic carbocycles. The van der Waals surface area contributed by atoms with Crippen LogP contribution in [0.5, 0.6) is 0 Å². The third-order valence-electron chi connectivity index (χ3n) is 2.64. The second-order valence-electron chi connectivity index (χ2n) is 4.35. The first-order valence-electron chi connectivity index (χ1n) is 6.60. The van der Waals surface area contributed by atoms with Crippen LogP contribution in [-0.4, -0.2) is 16.5 Å². The van der Waals surface area contributed by atoms with Crippen LogP contribution in [-0.2, 0) is 6.42 Å². The van der Waals surface area contributed by atoms with Gasteiger partial charge in [-0.2, -0.15) is 0 Å². The molecule has 0 saturated carbocycles. The molecule has 19 heavy (non-hydrogen) atoms. The third kappa shape index (κ3) is 4.01. The van der Waals surface area contributed by atoms with Crippen LogP contribution in [0.4, 0.5) is 5.82 Å². The maximum absolute atomic E-state index is 4.65. The summed E-state index contributed by atoms with van der Waals surface area (Å²) >= 11 is 5.15. The van der Waals surface area contributed by atoms with E-state index in [1.807, 2.05) is 6.07 Å². The van der Waals surface area contributed by atoms with Crippen LogP contribution in [0.2, 0.25) is 0 Å². The molecule has 0 amide bonds. The Morgan fingerprint density at radius 1 is 1.21 bits per heavy atom. The predicted molar refractivity (Wildman–Crippen MR) is 85.8 cm³/mol. The van der Waals surface area contributed by atoms with E-state index in [4.69, 9.17) is 0 Å².